The van der Waals surface area contributed by atoms with Crippen molar-refractivity contribution in [2.75, 3.05) is 22.9 Å². The summed E-state index contributed by atoms with van der Waals surface area (Å²) in [4.78, 5) is 106. The van der Waals surface area contributed by atoms with E-state index in [9.17, 15) is 46.8 Å². The molecule has 1 saturated heterocycles. The number of nitrogens with zero attached hydrogens (tertiary/aromatic N) is 4. The molecule has 7 amide bonds. The third-order valence-electron chi connectivity index (χ3n) is 10.4. The van der Waals surface area contributed by atoms with Crippen LogP contribution in [0.5, 0.6) is 0 Å². The topological polar surface area (TPSA) is 225 Å². The SMILES string of the molecule is O=C(CC(=O)N1Cc2ccccc2C#Cc2ccccc21)ON1C(=O)CC(S(=O)(=O)O)C1=O.O=C(CCN1C(=O)C=CC1=O)NCCC(=O)N1Cc2ccccc2C#Cc2ccccc21. The largest absolute Gasteiger partial charge is 0.356 e. The Morgan fingerprint density at radius 2 is 1.14 bits per heavy atom. The summed E-state index contributed by atoms with van der Waals surface area (Å²) >= 11 is 0. The summed E-state index contributed by atoms with van der Waals surface area (Å²) in [5, 5.41) is 0.611. The van der Waals surface area contributed by atoms with Gasteiger partial charge in [-0.3, -0.25) is 43.0 Å². The highest BCUT2D eigenvalue weighted by Gasteiger charge is 2.48. The first-order chi connectivity index (χ1) is 31.2. The highest BCUT2D eigenvalue weighted by atomic mass is 32.2. The Labute approximate surface area is 372 Å². The zero-order chi connectivity index (χ0) is 46.3. The monoisotopic (exact) mass is 895 g/mol. The van der Waals surface area contributed by atoms with Crippen molar-refractivity contribution >= 4 is 68.8 Å². The quantitative estimate of drug-likeness (QED) is 0.101. The molecular formula is C47H37N5O12S. The molecule has 4 aromatic carbocycles. The van der Waals surface area contributed by atoms with Crippen LogP contribution in [-0.4, -0.2) is 88.6 Å². The molecule has 17 nitrogen and oxygen atoms in total. The van der Waals surface area contributed by atoms with Gasteiger partial charge in [0.05, 0.1) is 30.9 Å². The number of imide groups is 2. The maximum atomic E-state index is 13.1. The summed E-state index contributed by atoms with van der Waals surface area (Å²) in [6, 6.07) is 29.3. The summed E-state index contributed by atoms with van der Waals surface area (Å²) in [7, 11) is -4.85. The van der Waals surface area contributed by atoms with E-state index in [2.05, 4.69) is 33.8 Å². The minimum absolute atomic E-state index is 0.0110. The first-order valence-corrected chi connectivity index (χ1v) is 21.5. The summed E-state index contributed by atoms with van der Waals surface area (Å²) in [5.41, 5.74) is 5.86. The maximum Gasteiger partial charge on any atom is 0.342 e. The summed E-state index contributed by atoms with van der Waals surface area (Å²) < 4.78 is 31.5. The van der Waals surface area contributed by atoms with E-state index in [0.717, 1.165) is 38.4 Å². The highest BCUT2D eigenvalue weighted by molar-refractivity contribution is 7.87. The van der Waals surface area contributed by atoms with Gasteiger partial charge in [0.1, 0.15) is 6.42 Å². The van der Waals surface area contributed by atoms with E-state index >= 15 is 0 Å². The summed E-state index contributed by atoms with van der Waals surface area (Å²) in [6.07, 6.45) is 0.762. The van der Waals surface area contributed by atoms with Crippen LogP contribution in [0.15, 0.2) is 109 Å². The predicted molar refractivity (Wildman–Crippen MR) is 231 cm³/mol. The van der Waals surface area contributed by atoms with Gasteiger partial charge in [0.2, 0.25) is 17.7 Å². The molecule has 18 heteroatoms. The fourth-order valence-electron chi connectivity index (χ4n) is 7.08. The van der Waals surface area contributed by atoms with Crippen molar-refractivity contribution in [3.8, 4) is 23.7 Å². The van der Waals surface area contributed by atoms with E-state index in [1.54, 1.807) is 41.3 Å². The highest BCUT2D eigenvalue weighted by Crippen LogP contribution is 2.28. The zero-order valence-electron chi connectivity index (χ0n) is 34.3. The lowest BCUT2D eigenvalue weighted by molar-refractivity contribution is -0.197. The third kappa shape index (κ3) is 10.5. The summed E-state index contributed by atoms with van der Waals surface area (Å²) in [6.45, 7) is 0.671. The Morgan fingerprint density at radius 3 is 1.66 bits per heavy atom. The van der Waals surface area contributed by atoms with Crippen LogP contribution in [0.1, 0.15) is 59.1 Å². The fraction of sp³-hybridized carbons (Fsp3) is 0.191. The Morgan fingerprint density at radius 1 is 0.662 bits per heavy atom. The number of amides is 7. The molecule has 0 aromatic heterocycles. The van der Waals surface area contributed by atoms with Crippen molar-refractivity contribution in [3.63, 3.8) is 0 Å². The van der Waals surface area contributed by atoms with E-state index in [1.807, 2.05) is 60.7 Å². The van der Waals surface area contributed by atoms with E-state index < -0.39 is 63.7 Å². The van der Waals surface area contributed by atoms with Crippen LogP contribution in [0.2, 0.25) is 0 Å². The molecular weight excluding hydrogens is 859 g/mol. The normalized spacial score (nSPS) is 15.7. The number of anilines is 2. The average molecular weight is 896 g/mol. The molecule has 2 N–H and O–H groups in total. The Balaban J connectivity index is 0.000000194. The molecule has 0 saturated carbocycles. The van der Waals surface area contributed by atoms with Gasteiger partial charge in [-0.25, -0.2) is 4.79 Å². The van der Waals surface area contributed by atoms with Gasteiger partial charge in [0, 0.05) is 60.3 Å². The lowest BCUT2D eigenvalue weighted by Crippen LogP contribution is -2.39. The third-order valence-corrected chi connectivity index (χ3v) is 11.5. The minimum atomic E-state index is -4.85. The van der Waals surface area contributed by atoms with E-state index in [1.165, 1.54) is 17.1 Å². The average Bonchev–Trinajstić information content (AvgIpc) is 3.75. The van der Waals surface area contributed by atoms with Crippen molar-refractivity contribution in [2.24, 2.45) is 0 Å². The summed E-state index contributed by atoms with van der Waals surface area (Å²) in [5.74, 6) is 6.67. The van der Waals surface area contributed by atoms with Crippen molar-refractivity contribution in [3.05, 3.63) is 143 Å². The number of carbonyl (C=O) groups excluding carboxylic acids is 8. The van der Waals surface area contributed by atoms with Crippen LogP contribution < -0.4 is 15.1 Å². The van der Waals surface area contributed by atoms with Crippen LogP contribution >= 0.6 is 0 Å². The van der Waals surface area contributed by atoms with E-state index in [4.69, 9.17) is 4.55 Å². The molecule has 4 aromatic rings. The molecule has 4 heterocycles. The van der Waals surface area contributed by atoms with Gasteiger partial charge in [-0.15, -0.1) is 5.06 Å². The van der Waals surface area contributed by atoms with Gasteiger partial charge in [-0.2, -0.15) is 8.42 Å². The number of fused-ring (bicyclic) bond motifs is 4. The van der Waals surface area contributed by atoms with E-state index in [0.29, 0.717) is 17.8 Å². The molecule has 4 aliphatic rings. The Kier molecular flexibility index (Phi) is 13.4. The molecule has 328 valence electrons. The standard InChI is InChI=1S/C25H21N3O4.C22H16N2O8S/c29-22(14-16-27-23(30)11-12-24(27)31)26-15-13-25(32)28-17-20-7-2-1-5-18(20)9-10-19-6-3-4-8-21(19)28;25-19(12-21(27)32-24-20(26)11-18(22(24)28)33(29,30)31)23-13-16-7-2-1-5-14(16)9-10-15-6-3-4-8-17(15)23/h1-8,11-12H,13-17H2,(H,26,29);1-8,18H,11-13H2,(H,29,30,31). The van der Waals surface area contributed by atoms with Gasteiger partial charge in [0.25, 0.3) is 33.7 Å². The minimum Gasteiger partial charge on any atom is -0.356 e. The number of para-hydroxylation sites is 2. The number of hydrogen-bond donors (Lipinski definition) is 2. The smallest absolute Gasteiger partial charge is 0.342 e. The molecule has 65 heavy (non-hydrogen) atoms. The van der Waals surface area contributed by atoms with Crippen molar-refractivity contribution in [1.29, 1.82) is 0 Å². The first-order valence-electron chi connectivity index (χ1n) is 20.0. The fourth-order valence-corrected chi connectivity index (χ4v) is 7.78. The number of hydroxylamine groups is 2. The molecule has 0 spiro atoms. The number of benzene rings is 4. The number of hydrogen-bond acceptors (Lipinski definition) is 11. The van der Waals surface area contributed by atoms with Gasteiger partial charge >= 0.3 is 5.97 Å². The lowest BCUT2D eigenvalue weighted by atomic mass is 10.0. The van der Waals surface area contributed by atoms with Crippen molar-refractivity contribution in [2.45, 2.75) is 44.0 Å². The van der Waals surface area contributed by atoms with Gasteiger partial charge in [-0.1, -0.05) is 84.3 Å². The van der Waals surface area contributed by atoms with Crippen molar-refractivity contribution in [1.82, 2.24) is 15.3 Å². The van der Waals surface area contributed by atoms with Crippen LogP contribution in [-0.2, 0) is 66.4 Å². The molecule has 1 unspecified atom stereocenters. The lowest BCUT2D eigenvalue weighted by Gasteiger charge is -2.26. The molecule has 0 aliphatic carbocycles. The van der Waals surface area contributed by atoms with Gasteiger partial charge in [0.15, 0.2) is 5.25 Å². The zero-order valence-corrected chi connectivity index (χ0v) is 35.1. The van der Waals surface area contributed by atoms with Gasteiger partial charge < -0.3 is 20.0 Å². The molecule has 0 bridgehead atoms. The van der Waals surface area contributed by atoms with Crippen LogP contribution in [0.25, 0.3) is 0 Å². The van der Waals surface area contributed by atoms with E-state index in [-0.39, 0.29) is 49.4 Å². The number of rotatable bonds is 10. The molecule has 8 rings (SSSR count). The number of nitrogens with one attached hydrogen (secondary N) is 1. The maximum absolute atomic E-state index is 13.1. The molecule has 0 radical (unpaired) electrons. The van der Waals surface area contributed by atoms with Crippen LogP contribution in [0.3, 0.4) is 0 Å². The second-order valence-corrected chi connectivity index (χ2v) is 16.3. The predicted octanol–water partition coefficient (Wildman–Crippen LogP) is 2.55. The molecule has 4 aliphatic heterocycles. The molecule has 1 atom stereocenters. The van der Waals surface area contributed by atoms with Crippen LogP contribution in [0.4, 0.5) is 11.4 Å². The second-order valence-electron chi connectivity index (χ2n) is 14.7. The van der Waals surface area contributed by atoms with Gasteiger partial charge in [-0.05, 0) is 47.5 Å². The van der Waals surface area contributed by atoms with Crippen molar-refractivity contribution < 1.29 is 56.2 Å². The Hall–Kier alpha value is -8.19. The molecule has 1 fully saturated rings. The second kappa shape index (κ2) is 19.5. The first kappa shape index (κ1) is 44.9. The van der Waals surface area contributed by atoms with Crippen LogP contribution in [0, 0.1) is 23.7 Å². The number of carbonyl (C=O) groups is 8. The Bertz CT molecular complexity index is 2920.